The molecule has 56 valence electrons. The predicted octanol–water partition coefficient (Wildman–Crippen LogP) is -1.29. The third kappa shape index (κ3) is 1.73. The number of rotatable bonds is 4. The van der Waals surface area contributed by atoms with Gasteiger partial charge in [-0.25, -0.2) is 0 Å². The second-order valence-electron chi connectivity index (χ2n) is 2.22. The average molecular weight is 142 g/mol. The Kier molecular flexibility index (Phi) is 1.91. The Labute approximate surface area is 58.7 Å². The molecule has 0 saturated carbocycles. The van der Waals surface area contributed by atoms with Crippen LogP contribution < -0.4 is 11.1 Å². The minimum absolute atomic E-state index is 0.243. The maximum absolute atomic E-state index is 10.5. The van der Waals surface area contributed by atoms with E-state index in [-0.39, 0.29) is 6.61 Å². The summed E-state index contributed by atoms with van der Waals surface area (Å²) in [7, 11) is 0. The van der Waals surface area contributed by atoms with Gasteiger partial charge in [0.15, 0.2) is 0 Å². The van der Waals surface area contributed by atoms with E-state index in [9.17, 15) is 4.79 Å². The van der Waals surface area contributed by atoms with Crippen LogP contribution >= 0.6 is 0 Å². The van der Waals surface area contributed by atoms with E-state index in [0.29, 0.717) is 0 Å². The van der Waals surface area contributed by atoms with Gasteiger partial charge in [-0.2, -0.15) is 0 Å². The molecule has 0 saturated heterocycles. The molecule has 4 N–H and O–H groups in total. The monoisotopic (exact) mass is 142 g/mol. The van der Waals surface area contributed by atoms with Crippen molar-refractivity contribution in [1.29, 1.82) is 0 Å². The van der Waals surface area contributed by atoms with Crippen molar-refractivity contribution < 1.29 is 9.90 Å². The van der Waals surface area contributed by atoms with E-state index in [1.807, 2.05) is 6.08 Å². The minimum Gasteiger partial charge on any atom is -0.394 e. The molecular weight excluding hydrogens is 132 g/mol. The van der Waals surface area contributed by atoms with Gasteiger partial charge in [-0.3, -0.25) is 4.79 Å². The molecule has 1 atom stereocenters. The summed E-state index contributed by atoms with van der Waals surface area (Å²) in [6.07, 6.45) is 2.80. The summed E-state index contributed by atoms with van der Waals surface area (Å²) in [4.78, 5) is 10.5. The maximum Gasteiger partial charge on any atom is 0.242 e. The fourth-order valence-electron chi connectivity index (χ4n) is 0.599. The fraction of sp³-hybridized carbons (Fsp3) is 0.500. The van der Waals surface area contributed by atoms with E-state index in [1.54, 1.807) is 0 Å². The van der Waals surface area contributed by atoms with Crippen molar-refractivity contribution in [2.45, 2.75) is 12.5 Å². The number of hydrogen-bond acceptors (Lipinski definition) is 3. The Morgan fingerprint density at radius 3 is 2.90 bits per heavy atom. The average Bonchev–Trinajstić information content (AvgIpc) is 2.64. The summed E-state index contributed by atoms with van der Waals surface area (Å²) in [5, 5.41) is 11.4. The van der Waals surface area contributed by atoms with Gasteiger partial charge >= 0.3 is 0 Å². The van der Waals surface area contributed by atoms with Crippen molar-refractivity contribution in [3.8, 4) is 0 Å². The van der Waals surface area contributed by atoms with Crippen molar-refractivity contribution in [3.63, 3.8) is 0 Å². The smallest absolute Gasteiger partial charge is 0.242 e. The van der Waals surface area contributed by atoms with E-state index < -0.39 is 11.9 Å². The second kappa shape index (κ2) is 2.70. The largest absolute Gasteiger partial charge is 0.394 e. The van der Waals surface area contributed by atoms with Crippen LogP contribution in [0, 0.1) is 0 Å². The van der Waals surface area contributed by atoms with E-state index in [0.717, 1.165) is 12.1 Å². The van der Waals surface area contributed by atoms with E-state index >= 15 is 0 Å². The summed E-state index contributed by atoms with van der Waals surface area (Å²) in [5.74, 6) is -0.518. The summed E-state index contributed by atoms with van der Waals surface area (Å²) < 4.78 is 0. The predicted molar refractivity (Wildman–Crippen MR) is 35.9 cm³/mol. The molecule has 0 fully saturated rings. The van der Waals surface area contributed by atoms with Gasteiger partial charge in [-0.05, 0) is 0 Å². The van der Waals surface area contributed by atoms with Crippen molar-refractivity contribution in [3.05, 3.63) is 11.8 Å². The first-order valence-electron chi connectivity index (χ1n) is 3.10. The minimum atomic E-state index is -0.617. The molecule has 0 spiro atoms. The van der Waals surface area contributed by atoms with Crippen LogP contribution in [0.3, 0.4) is 0 Å². The molecule has 0 aromatic heterocycles. The standard InChI is InChI=1S/C6H10N2O2/c7-6(10)5(3-9)8-4-1-2-4/h1,5,8-9H,2-3H2,(H2,7,10)/t5-/m0/s1. The van der Waals surface area contributed by atoms with Gasteiger partial charge < -0.3 is 16.2 Å². The number of amides is 1. The molecule has 0 aromatic carbocycles. The van der Waals surface area contributed by atoms with Gasteiger partial charge in [0.05, 0.1) is 6.61 Å². The van der Waals surface area contributed by atoms with Gasteiger partial charge in [0, 0.05) is 12.1 Å². The lowest BCUT2D eigenvalue weighted by Gasteiger charge is -2.09. The molecule has 0 aromatic rings. The highest BCUT2D eigenvalue weighted by atomic mass is 16.3. The zero-order valence-electron chi connectivity index (χ0n) is 5.50. The molecule has 0 unspecified atom stereocenters. The number of hydrogen-bond donors (Lipinski definition) is 3. The molecule has 1 aliphatic carbocycles. The Bertz CT molecular complexity index is 177. The summed E-state index contributed by atoms with van der Waals surface area (Å²) >= 11 is 0. The van der Waals surface area contributed by atoms with Gasteiger partial charge in [0.2, 0.25) is 5.91 Å². The number of nitrogens with one attached hydrogen (secondary N) is 1. The summed E-state index contributed by atoms with van der Waals surface area (Å²) in [6, 6.07) is -0.617. The number of carbonyl (C=O) groups excluding carboxylic acids is 1. The van der Waals surface area contributed by atoms with Crippen molar-refractivity contribution in [1.82, 2.24) is 5.32 Å². The van der Waals surface area contributed by atoms with Gasteiger partial charge in [0.25, 0.3) is 0 Å². The van der Waals surface area contributed by atoms with E-state index in [2.05, 4.69) is 5.32 Å². The normalized spacial score (nSPS) is 17.5. The lowest BCUT2D eigenvalue weighted by atomic mass is 10.3. The number of nitrogens with two attached hydrogens (primary N) is 1. The van der Waals surface area contributed by atoms with Crippen LogP contribution in [0.2, 0.25) is 0 Å². The number of aliphatic hydroxyl groups excluding tert-OH is 1. The number of primary amides is 1. The molecule has 4 nitrogen and oxygen atoms in total. The Hall–Kier alpha value is -1.03. The van der Waals surface area contributed by atoms with Crippen LogP contribution in [0.15, 0.2) is 11.8 Å². The first kappa shape index (κ1) is 7.08. The molecule has 1 rings (SSSR count). The van der Waals surface area contributed by atoms with Crippen molar-refractivity contribution >= 4 is 5.91 Å². The summed E-state index contributed by atoms with van der Waals surface area (Å²) in [5.41, 5.74) is 5.92. The van der Waals surface area contributed by atoms with Gasteiger partial charge in [0.1, 0.15) is 6.04 Å². The maximum atomic E-state index is 10.5. The quantitative estimate of drug-likeness (QED) is 0.457. The van der Waals surface area contributed by atoms with Crippen LogP contribution in [-0.2, 0) is 4.79 Å². The highest BCUT2D eigenvalue weighted by molar-refractivity contribution is 5.80. The zero-order valence-corrected chi connectivity index (χ0v) is 5.50. The van der Waals surface area contributed by atoms with Crippen LogP contribution in [0.4, 0.5) is 0 Å². The SMILES string of the molecule is NC(=O)[C@H](CO)NC1=CC1. The zero-order chi connectivity index (χ0) is 7.56. The Morgan fingerprint density at radius 2 is 2.60 bits per heavy atom. The van der Waals surface area contributed by atoms with Crippen LogP contribution in [0.25, 0.3) is 0 Å². The molecule has 1 aliphatic rings. The molecule has 0 bridgehead atoms. The first-order valence-corrected chi connectivity index (χ1v) is 3.10. The lowest BCUT2D eigenvalue weighted by Crippen LogP contribution is -2.42. The fourth-order valence-corrected chi connectivity index (χ4v) is 0.599. The molecular formula is C6H10N2O2. The highest BCUT2D eigenvalue weighted by Gasteiger charge is 2.17. The van der Waals surface area contributed by atoms with Crippen molar-refractivity contribution in [2.75, 3.05) is 6.61 Å². The number of allylic oxidation sites excluding steroid dienone is 2. The Balaban J connectivity index is 2.32. The highest BCUT2D eigenvalue weighted by Crippen LogP contribution is 2.14. The molecule has 0 aliphatic heterocycles. The molecule has 0 radical (unpaired) electrons. The molecule has 1 amide bonds. The number of carbonyl (C=O) groups is 1. The van der Waals surface area contributed by atoms with Gasteiger partial charge in [-0.15, -0.1) is 0 Å². The van der Waals surface area contributed by atoms with Crippen LogP contribution in [0.1, 0.15) is 6.42 Å². The number of aliphatic hydroxyl groups is 1. The van der Waals surface area contributed by atoms with Crippen LogP contribution in [0.5, 0.6) is 0 Å². The van der Waals surface area contributed by atoms with Crippen molar-refractivity contribution in [2.24, 2.45) is 5.73 Å². The topological polar surface area (TPSA) is 75.4 Å². The van der Waals surface area contributed by atoms with Gasteiger partial charge in [-0.1, -0.05) is 6.08 Å². The van der Waals surface area contributed by atoms with E-state index in [4.69, 9.17) is 10.8 Å². The first-order chi connectivity index (χ1) is 4.74. The van der Waals surface area contributed by atoms with E-state index in [1.165, 1.54) is 0 Å². The molecule has 0 heterocycles. The second-order valence-corrected chi connectivity index (χ2v) is 2.22. The molecule has 4 heteroatoms. The third-order valence-electron chi connectivity index (χ3n) is 1.29. The Morgan fingerprint density at radius 1 is 2.00 bits per heavy atom. The third-order valence-corrected chi connectivity index (χ3v) is 1.29. The lowest BCUT2D eigenvalue weighted by molar-refractivity contribution is -0.120. The summed E-state index contributed by atoms with van der Waals surface area (Å²) in [6.45, 7) is -0.243. The molecule has 10 heavy (non-hydrogen) atoms. The van der Waals surface area contributed by atoms with Crippen LogP contribution in [-0.4, -0.2) is 23.7 Å².